The van der Waals surface area contributed by atoms with Crippen LogP contribution in [0.15, 0.2) is 23.6 Å². The Balaban J connectivity index is 1.58. The van der Waals surface area contributed by atoms with Gasteiger partial charge in [0, 0.05) is 18.3 Å². The molecule has 0 atom stereocenters. The second-order valence-electron chi connectivity index (χ2n) is 6.80. The Hall–Kier alpha value is -1.42. The third-order valence-electron chi connectivity index (χ3n) is 4.43. The van der Waals surface area contributed by atoms with Crippen molar-refractivity contribution >= 4 is 17.2 Å². The zero-order chi connectivity index (χ0) is 17.7. The average Bonchev–Trinajstić information content (AvgIpc) is 3.14. The van der Waals surface area contributed by atoms with Crippen molar-refractivity contribution in [3.63, 3.8) is 0 Å². The van der Waals surface area contributed by atoms with Gasteiger partial charge in [-0.25, -0.2) is 9.97 Å². The molecule has 0 aliphatic carbocycles. The summed E-state index contributed by atoms with van der Waals surface area (Å²) in [6.07, 6.45) is 13.7. The molecule has 0 aliphatic heterocycles. The Labute approximate surface area is 157 Å². The highest BCUT2D eigenvalue weighted by molar-refractivity contribution is 7.13. The van der Waals surface area contributed by atoms with Gasteiger partial charge in [0.15, 0.2) is 5.82 Å². The van der Waals surface area contributed by atoms with Gasteiger partial charge in [0.1, 0.15) is 5.82 Å². The number of thiophene rings is 1. The Morgan fingerprint density at radius 2 is 1.60 bits per heavy atom. The molecule has 138 valence electrons. The summed E-state index contributed by atoms with van der Waals surface area (Å²) in [5, 5.41) is 5.53. The van der Waals surface area contributed by atoms with Crippen LogP contribution in [0.5, 0.6) is 0 Å². The van der Waals surface area contributed by atoms with E-state index in [1.54, 1.807) is 11.3 Å². The molecule has 0 bridgehead atoms. The van der Waals surface area contributed by atoms with E-state index >= 15 is 0 Å². The molecule has 2 rings (SSSR count). The largest absolute Gasteiger partial charge is 0.370 e. The molecule has 0 aliphatic rings. The minimum absolute atomic E-state index is 0.834. The van der Waals surface area contributed by atoms with Gasteiger partial charge in [-0.05, 0) is 24.8 Å². The number of hydrogen-bond donors (Lipinski definition) is 1. The average molecular weight is 360 g/mol. The summed E-state index contributed by atoms with van der Waals surface area (Å²) in [6, 6.07) is 6.15. The fourth-order valence-corrected chi connectivity index (χ4v) is 3.66. The second-order valence-corrected chi connectivity index (χ2v) is 7.75. The van der Waals surface area contributed by atoms with Crippen LogP contribution in [0.25, 0.3) is 10.7 Å². The first-order valence-corrected chi connectivity index (χ1v) is 10.8. The van der Waals surface area contributed by atoms with Crippen LogP contribution in [0.4, 0.5) is 5.82 Å². The molecule has 2 aromatic rings. The van der Waals surface area contributed by atoms with Crippen LogP contribution >= 0.6 is 11.3 Å². The SMILES string of the molecule is CCCCCCCCCCCCNc1cc(C)nc(-c2cccs2)n1. The van der Waals surface area contributed by atoms with Gasteiger partial charge in [-0.1, -0.05) is 70.8 Å². The Kier molecular flexibility index (Phi) is 9.57. The number of nitrogens with one attached hydrogen (secondary N) is 1. The zero-order valence-corrected chi connectivity index (χ0v) is 16.7. The fraction of sp³-hybridized carbons (Fsp3) is 0.619. The van der Waals surface area contributed by atoms with E-state index in [9.17, 15) is 0 Å². The summed E-state index contributed by atoms with van der Waals surface area (Å²) in [5.41, 5.74) is 1.02. The van der Waals surface area contributed by atoms with Crippen LogP contribution in [-0.4, -0.2) is 16.5 Å². The highest BCUT2D eigenvalue weighted by Crippen LogP contribution is 2.22. The summed E-state index contributed by atoms with van der Waals surface area (Å²) in [4.78, 5) is 10.3. The number of unbranched alkanes of at least 4 members (excludes halogenated alkanes) is 9. The van der Waals surface area contributed by atoms with Gasteiger partial charge in [0.2, 0.25) is 0 Å². The molecule has 0 saturated carbocycles. The summed E-state index contributed by atoms with van der Waals surface area (Å²) in [7, 11) is 0. The summed E-state index contributed by atoms with van der Waals surface area (Å²) in [5.74, 6) is 1.78. The van der Waals surface area contributed by atoms with E-state index in [2.05, 4.69) is 33.7 Å². The molecular formula is C21H33N3S. The van der Waals surface area contributed by atoms with Gasteiger partial charge >= 0.3 is 0 Å². The fourth-order valence-electron chi connectivity index (χ4n) is 3.00. The maximum atomic E-state index is 4.65. The molecule has 3 nitrogen and oxygen atoms in total. The lowest BCUT2D eigenvalue weighted by Gasteiger charge is -2.08. The van der Waals surface area contributed by atoms with Crippen molar-refractivity contribution in [1.82, 2.24) is 9.97 Å². The van der Waals surface area contributed by atoms with Crippen LogP contribution in [0.3, 0.4) is 0 Å². The van der Waals surface area contributed by atoms with Crippen molar-refractivity contribution in [3.8, 4) is 10.7 Å². The first-order chi connectivity index (χ1) is 12.3. The molecular weight excluding hydrogens is 326 g/mol. The van der Waals surface area contributed by atoms with E-state index in [4.69, 9.17) is 0 Å². The predicted octanol–water partition coefficient (Wildman–Crippen LogP) is 6.85. The number of anilines is 1. The zero-order valence-electron chi connectivity index (χ0n) is 15.9. The molecule has 4 heteroatoms. The molecule has 2 aromatic heterocycles. The molecule has 0 radical (unpaired) electrons. The molecule has 0 saturated heterocycles. The van der Waals surface area contributed by atoms with E-state index in [1.807, 2.05) is 19.1 Å². The smallest absolute Gasteiger partial charge is 0.171 e. The first kappa shape index (κ1) is 19.9. The van der Waals surface area contributed by atoms with Crippen molar-refractivity contribution in [3.05, 3.63) is 29.3 Å². The maximum Gasteiger partial charge on any atom is 0.171 e. The number of hydrogen-bond acceptors (Lipinski definition) is 4. The topological polar surface area (TPSA) is 37.8 Å². The van der Waals surface area contributed by atoms with Gasteiger partial charge in [0.25, 0.3) is 0 Å². The van der Waals surface area contributed by atoms with Crippen LogP contribution in [0.2, 0.25) is 0 Å². The van der Waals surface area contributed by atoms with E-state index in [0.29, 0.717) is 0 Å². The van der Waals surface area contributed by atoms with Crippen LogP contribution < -0.4 is 5.32 Å². The number of rotatable bonds is 13. The van der Waals surface area contributed by atoms with Crippen molar-refractivity contribution in [2.24, 2.45) is 0 Å². The normalized spacial score (nSPS) is 11.0. The standard InChI is InChI=1S/C21H33N3S/c1-3-4-5-6-7-8-9-10-11-12-15-22-20-17-18(2)23-21(24-20)19-14-13-16-25-19/h13-14,16-17H,3-12,15H2,1-2H3,(H,22,23,24). The van der Waals surface area contributed by atoms with Crippen molar-refractivity contribution in [1.29, 1.82) is 0 Å². The third-order valence-corrected chi connectivity index (χ3v) is 5.30. The molecule has 2 heterocycles. The Morgan fingerprint density at radius 3 is 2.24 bits per heavy atom. The summed E-state index contributed by atoms with van der Waals surface area (Å²) in [6.45, 7) is 5.31. The van der Waals surface area contributed by atoms with Gasteiger partial charge in [-0.2, -0.15) is 0 Å². The summed E-state index contributed by atoms with van der Waals surface area (Å²) >= 11 is 1.69. The monoisotopic (exact) mass is 359 g/mol. The number of aryl methyl sites for hydroxylation is 1. The molecule has 0 amide bonds. The highest BCUT2D eigenvalue weighted by atomic mass is 32.1. The quantitative estimate of drug-likeness (QED) is 0.397. The molecule has 0 fully saturated rings. The lowest BCUT2D eigenvalue weighted by Crippen LogP contribution is -2.05. The van der Waals surface area contributed by atoms with E-state index in [1.165, 1.54) is 64.2 Å². The van der Waals surface area contributed by atoms with Gasteiger partial charge in [-0.15, -0.1) is 11.3 Å². The summed E-state index contributed by atoms with van der Waals surface area (Å²) < 4.78 is 0. The van der Waals surface area contributed by atoms with Gasteiger partial charge in [-0.3, -0.25) is 0 Å². The van der Waals surface area contributed by atoms with Crippen LogP contribution in [0, 0.1) is 6.92 Å². The molecule has 0 spiro atoms. The van der Waals surface area contributed by atoms with Crippen molar-refractivity contribution < 1.29 is 0 Å². The van der Waals surface area contributed by atoms with E-state index in [-0.39, 0.29) is 0 Å². The van der Waals surface area contributed by atoms with Crippen LogP contribution in [0.1, 0.15) is 76.8 Å². The van der Waals surface area contributed by atoms with Gasteiger partial charge < -0.3 is 5.32 Å². The Bertz CT molecular complexity index is 581. The predicted molar refractivity (Wildman–Crippen MR) is 110 cm³/mol. The highest BCUT2D eigenvalue weighted by Gasteiger charge is 2.05. The second kappa shape index (κ2) is 12.0. The van der Waals surface area contributed by atoms with Gasteiger partial charge in [0.05, 0.1) is 4.88 Å². The van der Waals surface area contributed by atoms with Crippen molar-refractivity contribution in [2.75, 3.05) is 11.9 Å². The molecule has 0 aromatic carbocycles. The first-order valence-electron chi connectivity index (χ1n) is 9.93. The molecule has 0 unspecified atom stereocenters. The number of nitrogens with zero attached hydrogens (tertiary/aromatic N) is 2. The molecule has 1 N–H and O–H groups in total. The minimum Gasteiger partial charge on any atom is -0.370 e. The maximum absolute atomic E-state index is 4.65. The van der Waals surface area contributed by atoms with Crippen LogP contribution in [-0.2, 0) is 0 Å². The third kappa shape index (κ3) is 8.00. The van der Waals surface area contributed by atoms with E-state index < -0.39 is 0 Å². The lowest BCUT2D eigenvalue weighted by atomic mass is 10.1. The van der Waals surface area contributed by atoms with E-state index in [0.717, 1.165) is 28.8 Å². The van der Waals surface area contributed by atoms with Crippen molar-refractivity contribution in [2.45, 2.75) is 78.1 Å². The number of aromatic nitrogens is 2. The molecule has 25 heavy (non-hydrogen) atoms. The lowest BCUT2D eigenvalue weighted by molar-refractivity contribution is 0.560. The Morgan fingerprint density at radius 1 is 0.920 bits per heavy atom. The minimum atomic E-state index is 0.834.